The maximum absolute atomic E-state index is 12.5. The summed E-state index contributed by atoms with van der Waals surface area (Å²) in [4.78, 5) is 16.9. The molecule has 5 nitrogen and oxygen atoms in total. The van der Waals surface area contributed by atoms with Crippen LogP contribution in [0.2, 0.25) is 0 Å². The number of imidazole rings is 1. The van der Waals surface area contributed by atoms with Crippen LogP contribution >= 0.6 is 24.8 Å². The highest BCUT2D eigenvalue weighted by Crippen LogP contribution is 2.28. The van der Waals surface area contributed by atoms with E-state index in [0.29, 0.717) is 0 Å². The van der Waals surface area contributed by atoms with Crippen LogP contribution in [0.4, 0.5) is 5.69 Å². The zero-order valence-corrected chi connectivity index (χ0v) is 15.1. The van der Waals surface area contributed by atoms with E-state index in [-0.39, 0.29) is 36.1 Å². The summed E-state index contributed by atoms with van der Waals surface area (Å²) in [6.07, 6.45) is 3.81. The fourth-order valence-electron chi connectivity index (χ4n) is 2.93. The number of piperidine rings is 1. The van der Waals surface area contributed by atoms with Crippen LogP contribution in [0.25, 0.3) is 11.0 Å². The van der Waals surface area contributed by atoms with Crippen LogP contribution in [0.5, 0.6) is 0 Å². The number of aryl methyl sites for hydroxylation is 1. The third kappa shape index (κ3) is 3.97. The van der Waals surface area contributed by atoms with Crippen molar-refractivity contribution in [2.75, 3.05) is 18.4 Å². The number of hydrogen-bond acceptors (Lipinski definition) is 3. The van der Waals surface area contributed by atoms with Gasteiger partial charge in [-0.2, -0.15) is 0 Å². The van der Waals surface area contributed by atoms with E-state index in [1.54, 1.807) is 0 Å². The Bertz CT molecular complexity index is 665. The molecule has 23 heavy (non-hydrogen) atoms. The lowest BCUT2D eigenvalue weighted by Crippen LogP contribution is -2.46. The molecule has 0 saturated carbocycles. The molecular formula is C16H24Cl2N4O. The lowest BCUT2D eigenvalue weighted by Gasteiger charge is -2.32. The average molecular weight is 359 g/mol. The van der Waals surface area contributed by atoms with Crippen LogP contribution < -0.4 is 10.6 Å². The van der Waals surface area contributed by atoms with Gasteiger partial charge in [0.1, 0.15) is 0 Å². The first kappa shape index (κ1) is 19.7. The van der Waals surface area contributed by atoms with E-state index < -0.39 is 0 Å². The molecule has 2 aromatic rings. The van der Waals surface area contributed by atoms with E-state index in [0.717, 1.165) is 49.2 Å². The Hall–Kier alpha value is -1.30. The van der Waals surface area contributed by atoms with Crippen LogP contribution in [0, 0.1) is 5.41 Å². The van der Waals surface area contributed by atoms with Gasteiger partial charge >= 0.3 is 0 Å². The van der Waals surface area contributed by atoms with Gasteiger partial charge in [-0.25, -0.2) is 4.98 Å². The summed E-state index contributed by atoms with van der Waals surface area (Å²) in [5.74, 6) is 0.0870. The van der Waals surface area contributed by atoms with Gasteiger partial charge in [0, 0.05) is 18.8 Å². The van der Waals surface area contributed by atoms with Crippen molar-refractivity contribution in [1.82, 2.24) is 14.9 Å². The summed E-state index contributed by atoms with van der Waals surface area (Å²) in [6.45, 7) is 6.76. The fourth-order valence-corrected chi connectivity index (χ4v) is 2.93. The maximum Gasteiger partial charge on any atom is 0.231 e. The summed E-state index contributed by atoms with van der Waals surface area (Å²) in [5.41, 5.74) is 2.51. The number of benzene rings is 1. The van der Waals surface area contributed by atoms with E-state index >= 15 is 0 Å². The minimum Gasteiger partial charge on any atom is -0.331 e. The number of aromatic nitrogens is 2. The van der Waals surface area contributed by atoms with Crippen molar-refractivity contribution in [3.05, 3.63) is 24.5 Å². The zero-order chi connectivity index (χ0) is 14.9. The molecule has 1 amide bonds. The van der Waals surface area contributed by atoms with Gasteiger partial charge in [0.05, 0.1) is 22.8 Å². The highest BCUT2D eigenvalue weighted by atomic mass is 35.5. The smallest absolute Gasteiger partial charge is 0.231 e. The van der Waals surface area contributed by atoms with Gasteiger partial charge in [-0.15, -0.1) is 24.8 Å². The molecule has 2 heterocycles. The first-order valence-electron chi connectivity index (χ1n) is 7.59. The van der Waals surface area contributed by atoms with E-state index in [1.165, 1.54) is 0 Å². The number of rotatable bonds is 3. The third-order valence-corrected chi connectivity index (χ3v) is 4.37. The van der Waals surface area contributed by atoms with Crippen molar-refractivity contribution in [1.29, 1.82) is 0 Å². The molecule has 1 fully saturated rings. The van der Waals surface area contributed by atoms with Crippen LogP contribution in [-0.4, -0.2) is 28.5 Å². The standard InChI is InChI=1S/C16H22N4O.2ClH/c1-3-20-11-18-13-9-12(5-6-14(13)20)19-15(21)16(2)7-4-8-17-10-16;;/h5-6,9,11,17H,3-4,7-8,10H2,1-2H3,(H,19,21);2*1H. The number of hydrogen-bond donors (Lipinski definition) is 2. The molecule has 0 bridgehead atoms. The van der Waals surface area contributed by atoms with Crippen LogP contribution in [0.3, 0.4) is 0 Å². The second-order valence-electron chi connectivity index (χ2n) is 6.03. The summed E-state index contributed by atoms with van der Waals surface area (Å²) < 4.78 is 2.09. The molecule has 2 N–H and O–H groups in total. The molecule has 1 atom stereocenters. The predicted octanol–water partition coefficient (Wildman–Crippen LogP) is 3.23. The lowest BCUT2D eigenvalue weighted by atomic mass is 9.82. The average Bonchev–Trinajstić information content (AvgIpc) is 2.90. The summed E-state index contributed by atoms with van der Waals surface area (Å²) in [6, 6.07) is 5.91. The SMILES string of the molecule is CCn1cnc2cc(NC(=O)C3(C)CCCNC3)ccc21.Cl.Cl. The van der Waals surface area contributed by atoms with Crippen LogP contribution in [0.15, 0.2) is 24.5 Å². The summed E-state index contributed by atoms with van der Waals surface area (Å²) in [5, 5.41) is 6.35. The number of anilines is 1. The van der Waals surface area contributed by atoms with E-state index in [9.17, 15) is 4.79 Å². The van der Waals surface area contributed by atoms with Gasteiger partial charge in [-0.3, -0.25) is 4.79 Å². The number of nitrogens with one attached hydrogen (secondary N) is 2. The monoisotopic (exact) mass is 358 g/mol. The van der Waals surface area contributed by atoms with Gasteiger partial charge in [0.25, 0.3) is 0 Å². The second-order valence-corrected chi connectivity index (χ2v) is 6.03. The molecule has 1 aromatic heterocycles. The Balaban J connectivity index is 0.00000132. The Morgan fingerprint density at radius 2 is 2.22 bits per heavy atom. The first-order chi connectivity index (χ1) is 10.1. The Kier molecular flexibility index (Phi) is 6.86. The molecular weight excluding hydrogens is 335 g/mol. The maximum atomic E-state index is 12.5. The number of amides is 1. The lowest BCUT2D eigenvalue weighted by molar-refractivity contribution is -0.125. The van der Waals surface area contributed by atoms with E-state index in [2.05, 4.69) is 27.1 Å². The molecule has 1 aliphatic heterocycles. The first-order valence-corrected chi connectivity index (χ1v) is 7.59. The minimum absolute atomic E-state index is 0. The molecule has 0 radical (unpaired) electrons. The van der Waals surface area contributed by atoms with Gasteiger partial charge in [0.2, 0.25) is 5.91 Å². The van der Waals surface area contributed by atoms with Gasteiger partial charge in [-0.05, 0) is 51.4 Å². The minimum atomic E-state index is -0.323. The van der Waals surface area contributed by atoms with Crippen molar-refractivity contribution in [3.8, 4) is 0 Å². The third-order valence-electron chi connectivity index (χ3n) is 4.37. The predicted molar refractivity (Wildman–Crippen MR) is 98.7 cm³/mol. The van der Waals surface area contributed by atoms with Gasteiger partial charge < -0.3 is 15.2 Å². The number of carbonyl (C=O) groups excluding carboxylic acids is 1. The van der Waals surface area contributed by atoms with Crippen LogP contribution in [-0.2, 0) is 11.3 Å². The van der Waals surface area contributed by atoms with Gasteiger partial charge in [0.15, 0.2) is 0 Å². The molecule has 7 heteroatoms. The second kappa shape index (κ2) is 7.99. The molecule has 1 aliphatic rings. The number of fused-ring (bicyclic) bond motifs is 1. The molecule has 128 valence electrons. The highest BCUT2D eigenvalue weighted by molar-refractivity contribution is 5.96. The molecule has 3 rings (SSSR count). The Morgan fingerprint density at radius 1 is 1.43 bits per heavy atom. The largest absolute Gasteiger partial charge is 0.331 e. The number of halogens is 2. The number of nitrogens with zero attached hydrogens (tertiary/aromatic N) is 2. The van der Waals surface area contributed by atoms with E-state index in [4.69, 9.17) is 0 Å². The fraction of sp³-hybridized carbons (Fsp3) is 0.500. The Morgan fingerprint density at radius 3 is 2.87 bits per heavy atom. The molecule has 1 aromatic carbocycles. The van der Waals surface area contributed by atoms with Crippen molar-refractivity contribution in [3.63, 3.8) is 0 Å². The van der Waals surface area contributed by atoms with Crippen LogP contribution in [0.1, 0.15) is 26.7 Å². The zero-order valence-electron chi connectivity index (χ0n) is 13.5. The van der Waals surface area contributed by atoms with Crippen molar-refractivity contribution < 1.29 is 4.79 Å². The molecule has 0 spiro atoms. The van der Waals surface area contributed by atoms with Crippen molar-refractivity contribution in [2.24, 2.45) is 5.41 Å². The van der Waals surface area contributed by atoms with Crippen molar-refractivity contribution >= 4 is 47.4 Å². The van der Waals surface area contributed by atoms with Gasteiger partial charge in [-0.1, -0.05) is 0 Å². The van der Waals surface area contributed by atoms with Crippen molar-refractivity contribution in [2.45, 2.75) is 33.2 Å². The van der Waals surface area contributed by atoms with E-state index in [1.807, 2.05) is 31.5 Å². The molecule has 0 aliphatic carbocycles. The highest BCUT2D eigenvalue weighted by Gasteiger charge is 2.34. The normalized spacial score (nSPS) is 20.4. The quantitative estimate of drug-likeness (QED) is 0.885. The topological polar surface area (TPSA) is 59.0 Å². The molecule has 1 unspecified atom stereocenters. The molecule has 1 saturated heterocycles. The summed E-state index contributed by atoms with van der Waals surface area (Å²) in [7, 11) is 0. The number of carbonyl (C=O) groups is 1. The summed E-state index contributed by atoms with van der Waals surface area (Å²) >= 11 is 0. The Labute approximate surface area is 149 Å².